The summed E-state index contributed by atoms with van der Waals surface area (Å²) in [6.45, 7) is 3.63. The first kappa shape index (κ1) is 26.7. The third kappa shape index (κ3) is 6.07. The second kappa shape index (κ2) is 10.6. The van der Waals surface area contributed by atoms with Crippen LogP contribution in [0.1, 0.15) is 19.4 Å². The van der Waals surface area contributed by atoms with E-state index in [4.69, 9.17) is 15.6 Å². The lowest BCUT2D eigenvalue weighted by Crippen LogP contribution is -2.53. The Bertz CT molecular complexity index is 1050. The van der Waals surface area contributed by atoms with Crippen molar-refractivity contribution in [3.8, 4) is 0 Å². The van der Waals surface area contributed by atoms with Gasteiger partial charge in [0, 0.05) is 12.1 Å². The Hall–Kier alpha value is -3.54. The number of aliphatic carboxylic acids is 1. The Morgan fingerprint density at radius 1 is 1.06 bits per heavy atom. The van der Waals surface area contributed by atoms with Crippen molar-refractivity contribution in [3.05, 3.63) is 59.7 Å². The largest absolute Gasteiger partial charge is 0.490 e. The molecule has 4 N–H and O–H groups in total. The molecule has 2 amide bonds. The van der Waals surface area contributed by atoms with Crippen molar-refractivity contribution in [2.45, 2.75) is 38.5 Å². The second-order valence-corrected chi connectivity index (χ2v) is 7.72. The van der Waals surface area contributed by atoms with Gasteiger partial charge in [0.25, 0.3) is 0 Å². The first-order chi connectivity index (χ1) is 15.8. The number of halogens is 5. The number of alkyl halides is 3. The van der Waals surface area contributed by atoms with Gasteiger partial charge in [0.2, 0.25) is 11.8 Å². The molecule has 34 heavy (non-hydrogen) atoms. The number of carboxylic acids is 1. The molecule has 12 heteroatoms. The molecule has 0 saturated heterocycles. The van der Waals surface area contributed by atoms with Gasteiger partial charge in [-0.1, -0.05) is 38.1 Å². The van der Waals surface area contributed by atoms with Crippen molar-refractivity contribution in [2.75, 3.05) is 10.2 Å². The summed E-state index contributed by atoms with van der Waals surface area (Å²) in [5.74, 6) is -5.71. The Labute approximate surface area is 191 Å². The standard InChI is InChI=1S/C20H21F2N3O2.C2HF3O2/c1-11(2)17(23)20(27)25-15-9-4-3-6-12(15)10-16(25)19(26)24-18-13(21)7-5-8-14(18)22;3-2(4,5)1(6)7/h3-9,11,16-17H,10,23H2,1-2H3,(H,24,26);(H,6,7). The van der Waals surface area contributed by atoms with E-state index < -0.39 is 53.4 Å². The zero-order chi connectivity index (χ0) is 25.8. The summed E-state index contributed by atoms with van der Waals surface area (Å²) in [6.07, 6.45) is -4.84. The number of carbonyl (C=O) groups is 3. The third-order valence-corrected chi connectivity index (χ3v) is 4.97. The number of rotatable bonds is 4. The number of hydrogen-bond acceptors (Lipinski definition) is 4. The summed E-state index contributed by atoms with van der Waals surface area (Å²) in [5.41, 5.74) is 6.88. The van der Waals surface area contributed by atoms with Gasteiger partial charge in [-0.2, -0.15) is 13.2 Å². The molecule has 1 aliphatic rings. The van der Waals surface area contributed by atoms with Crippen molar-refractivity contribution < 1.29 is 41.4 Å². The number of nitrogens with one attached hydrogen (secondary N) is 1. The van der Waals surface area contributed by atoms with Crippen LogP contribution in [0.2, 0.25) is 0 Å². The predicted molar refractivity (Wildman–Crippen MR) is 113 cm³/mol. The van der Waals surface area contributed by atoms with Gasteiger partial charge in [-0.15, -0.1) is 0 Å². The Morgan fingerprint density at radius 2 is 1.59 bits per heavy atom. The number of fused-ring (bicyclic) bond motifs is 1. The highest BCUT2D eigenvalue weighted by molar-refractivity contribution is 6.08. The summed E-state index contributed by atoms with van der Waals surface area (Å²) in [5, 5.41) is 9.41. The molecule has 0 fully saturated rings. The number of nitrogens with zero attached hydrogens (tertiary/aromatic N) is 1. The van der Waals surface area contributed by atoms with E-state index in [0.29, 0.717) is 5.69 Å². The molecule has 184 valence electrons. The molecule has 0 aliphatic carbocycles. The van der Waals surface area contributed by atoms with Crippen LogP contribution in [-0.2, 0) is 20.8 Å². The average molecular weight is 487 g/mol. The molecule has 0 bridgehead atoms. The quantitative estimate of drug-likeness (QED) is 0.572. The molecular formula is C22H22F5N3O4. The topological polar surface area (TPSA) is 113 Å². The van der Waals surface area contributed by atoms with Crippen molar-refractivity contribution in [3.63, 3.8) is 0 Å². The molecule has 3 rings (SSSR count). The highest BCUT2D eigenvalue weighted by atomic mass is 19.4. The number of anilines is 2. The van der Waals surface area contributed by atoms with Crippen LogP contribution in [0.5, 0.6) is 0 Å². The number of amides is 2. The summed E-state index contributed by atoms with van der Waals surface area (Å²) in [6, 6.07) is 8.71. The van der Waals surface area contributed by atoms with Crippen LogP contribution >= 0.6 is 0 Å². The maximum absolute atomic E-state index is 13.9. The van der Waals surface area contributed by atoms with Crippen LogP contribution in [0.25, 0.3) is 0 Å². The van der Waals surface area contributed by atoms with Gasteiger partial charge in [-0.25, -0.2) is 13.6 Å². The Balaban J connectivity index is 0.000000509. The van der Waals surface area contributed by atoms with E-state index in [1.165, 1.54) is 11.0 Å². The van der Waals surface area contributed by atoms with Crippen molar-refractivity contribution in [1.82, 2.24) is 0 Å². The fourth-order valence-corrected chi connectivity index (χ4v) is 3.14. The fourth-order valence-electron chi connectivity index (χ4n) is 3.14. The Morgan fingerprint density at radius 3 is 2.09 bits per heavy atom. The predicted octanol–water partition coefficient (Wildman–Crippen LogP) is 3.48. The van der Waals surface area contributed by atoms with Gasteiger partial charge in [-0.3, -0.25) is 14.5 Å². The molecule has 0 radical (unpaired) electrons. The molecule has 1 aliphatic heterocycles. The summed E-state index contributed by atoms with van der Waals surface area (Å²) < 4.78 is 59.5. The van der Waals surface area contributed by atoms with Crippen LogP contribution < -0.4 is 16.0 Å². The lowest BCUT2D eigenvalue weighted by molar-refractivity contribution is -0.192. The average Bonchev–Trinajstić information content (AvgIpc) is 3.14. The smallest absolute Gasteiger partial charge is 0.475 e. The molecule has 2 aromatic carbocycles. The maximum atomic E-state index is 13.9. The van der Waals surface area contributed by atoms with E-state index in [1.807, 2.05) is 19.9 Å². The fraction of sp³-hybridized carbons (Fsp3) is 0.318. The molecule has 2 aromatic rings. The minimum absolute atomic E-state index is 0.127. The molecule has 0 saturated carbocycles. The number of para-hydroxylation sites is 2. The summed E-state index contributed by atoms with van der Waals surface area (Å²) in [7, 11) is 0. The van der Waals surface area contributed by atoms with Crippen molar-refractivity contribution >= 4 is 29.2 Å². The summed E-state index contributed by atoms with van der Waals surface area (Å²) in [4.78, 5) is 36.0. The van der Waals surface area contributed by atoms with Crippen molar-refractivity contribution in [1.29, 1.82) is 0 Å². The highest BCUT2D eigenvalue weighted by Gasteiger charge is 2.41. The van der Waals surface area contributed by atoms with E-state index in [2.05, 4.69) is 5.32 Å². The molecular weight excluding hydrogens is 465 g/mol. The number of carboxylic acid groups (broad SMARTS) is 1. The van der Waals surface area contributed by atoms with E-state index in [-0.39, 0.29) is 12.3 Å². The zero-order valence-electron chi connectivity index (χ0n) is 18.1. The van der Waals surface area contributed by atoms with Gasteiger partial charge in [-0.05, 0) is 29.7 Å². The minimum atomic E-state index is -5.08. The SMILES string of the molecule is CC(C)C(N)C(=O)N1c2ccccc2CC1C(=O)Nc1c(F)cccc1F.O=C(O)C(F)(F)F. The number of nitrogens with two attached hydrogens (primary N) is 1. The molecule has 2 unspecified atom stereocenters. The van der Waals surface area contributed by atoms with Gasteiger partial charge in [0.15, 0.2) is 0 Å². The normalized spacial score (nSPS) is 15.8. The number of carbonyl (C=O) groups excluding carboxylic acids is 2. The van der Waals surface area contributed by atoms with Gasteiger partial charge >= 0.3 is 12.1 Å². The van der Waals surface area contributed by atoms with Crippen molar-refractivity contribution in [2.24, 2.45) is 11.7 Å². The zero-order valence-corrected chi connectivity index (χ0v) is 18.1. The van der Waals surface area contributed by atoms with E-state index in [9.17, 15) is 31.5 Å². The summed E-state index contributed by atoms with van der Waals surface area (Å²) >= 11 is 0. The van der Waals surface area contributed by atoms with E-state index >= 15 is 0 Å². The molecule has 2 atom stereocenters. The monoisotopic (exact) mass is 487 g/mol. The second-order valence-electron chi connectivity index (χ2n) is 7.72. The van der Waals surface area contributed by atoms with E-state index in [0.717, 1.165) is 17.7 Å². The van der Waals surface area contributed by atoms with Crippen LogP contribution in [0, 0.1) is 17.6 Å². The van der Waals surface area contributed by atoms with E-state index in [1.54, 1.807) is 18.2 Å². The third-order valence-electron chi connectivity index (χ3n) is 4.97. The van der Waals surface area contributed by atoms with Crippen LogP contribution in [0.3, 0.4) is 0 Å². The first-order valence-corrected chi connectivity index (χ1v) is 9.97. The van der Waals surface area contributed by atoms with Crippen LogP contribution in [0.4, 0.5) is 33.3 Å². The van der Waals surface area contributed by atoms with Crippen LogP contribution in [0.15, 0.2) is 42.5 Å². The maximum Gasteiger partial charge on any atom is 0.490 e. The minimum Gasteiger partial charge on any atom is -0.475 e. The molecule has 0 aromatic heterocycles. The Kier molecular flexibility index (Phi) is 8.32. The lowest BCUT2D eigenvalue weighted by atomic mass is 10.0. The number of hydrogen-bond donors (Lipinski definition) is 3. The van der Waals surface area contributed by atoms with Gasteiger partial charge < -0.3 is 16.2 Å². The first-order valence-electron chi connectivity index (χ1n) is 9.97. The molecule has 7 nitrogen and oxygen atoms in total. The van der Waals surface area contributed by atoms with Gasteiger partial charge in [0.05, 0.1) is 6.04 Å². The highest BCUT2D eigenvalue weighted by Crippen LogP contribution is 2.34. The van der Waals surface area contributed by atoms with Crippen LogP contribution in [-0.4, -0.2) is 41.2 Å². The number of benzene rings is 2. The molecule has 0 spiro atoms. The molecule has 1 heterocycles. The lowest BCUT2D eigenvalue weighted by Gasteiger charge is -2.28. The van der Waals surface area contributed by atoms with Gasteiger partial charge in [0.1, 0.15) is 23.4 Å².